The summed E-state index contributed by atoms with van der Waals surface area (Å²) in [4.78, 5) is 4.71. The van der Waals surface area contributed by atoms with Crippen LogP contribution in [0, 0.1) is 0 Å². The van der Waals surface area contributed by atoms with E-state index in [4.69, 9.17) is 10.7 Å². The van der Waals surface area contributed by atoms with Crippen LogP contribution in [0.5, 0.6) is 0 Å². The van der Waals surface area contributed by atoms with E-state index in [0.29, 0.717) is 0 Å². The quantitative estimate of drug-likeness (QED) is 0.777. The molecule has 1 unspecified atom stereocenters. The molecule has 0 radical (unpaired) electrons. The third kappa shape index (κ3) is 2.25. The van der Waals surface area contributed by atoms with Crippen molar-refractivity contribution in [3.8, 4) is 5.69 Å². The normalized spacial score (nSPS) is 12.7. The second-order valence-corrected chi connectivity index (χ2v) is 4.87. The highest BCUT2D eigenvalue weighted by molar-refractivity contribution is 5.78. The van der Waals surface area contributed by atoms with Crippen molar-refractivity contribution in [3.63, 3.8) is 0 Å². The third-order valence-corrected chi connectivity index (χ3v) is 3.15. The lowest BCUT2D eigenvalue weighted by molar-refractivity contribution is 0.695. The van der Waals surface area contributed by atoms with E-state index in [1.807, 2.05) is 43.3 Å². The Hall–Kier alpha value is -2.13. The summed E-state index contributed by atoms with van der Waals surface area (Å²) in [7, 11) is 0. The first-order valence-corrected chi connectivity index (χ1v) is 6.53. The maximum atomic E-state index is 5.94. The number of fused-ring (bicyclic) bond motifs is 1. The van der Waals surface area contributed by atoms with Gasteiger partial charge in [0.1, 0.15) is 5.82 Å². The molecule has 3 nitrogen and oxygen atoms in total. The van der Waals surface area contributed by atoms with Gasteiger partial charge in [-0.05, 0) is 31.2 Å². The van der Waals surface area contributed by atoms with E-state index >= 15 is 0 Å². The molecule has 2 N–H and O–H groups in total. The molecule has 96 valence electrons. The Morgan fingerprint density at radius 2 is 1.74 bits per heavy atom. The summed E-state index contributed by atoms with van der Waals surface area (Å²) in [6, 6.07) is 18.6. The standard InChI is InChI=1S/C16H17N3/c1-12(17)11-16-18-14-9-5-6-10-15(14)19(16)13-7-3-2-4-8-13/h2-10,12H,11,17H2,1H3. The second kappa shape index (κ2) is 4.86. The predicted molar refractivity (Wildman–Crippen MR) is 78.4 cm³/mol. The van der Waals surface area contributed by atoms with Crippen LogP contribution >= 0.6 is 0 Å². The summed E-state index contributed by atoms with van der Waals surface area (Å²) in [6.45, 7) is 2.01. The van der Waals surface area contributed by atoms with Crippen molar-refractivity contribution in [2.75, 3.05) is 0 Å². The van der Waals surface area contributed by atoms with Gasteiger partial charge >= 0.3 is 0 Å². The molecule has 0 fully saturated rings. The van der Waals surface area contributed by atoms with E-state index < -0.39 is 0 Å². The first kappa shape index (κ1) is 11.9. The van der Waals surface area contributed by atoms with Crippen molar-refractivity contribution < 1.29 is 0 Å². The van der Waals surface area contributed by atoms with Gasteiger partial charge in [0.15, 0.2) is 0 Å². The Bertz CT molecular complexity index is 684. The summed E-state index contributed by atoms with van der Waals surface area (Å²) in [6.07, 6.45) is 0.767. The maximum absolute atomic E-state index is 5.94. The molecule has 0 spiro atoms. The molecule has 0 aliphatic heterocycles. The largest absolute Gasteiger partial charge is 0.328 e. The molecule has 0 aliphatic rings. The molecular formula is C16H17N3. The van der Waals surface area contributed by atoms with Gasteiger partial charge in [0.2, 0.25) is 0 Å². The van der Waals surface area contributed by atoms with Gasteiger partial charge in [0.25, 0.3) is 0 Å². The lowest BCUT2D eigenvalue weighted by Gasteiger charge is -2.10. The summed E-state index contributed by atoms with van der Waals surface area (Å²) >= 11 is 0. The molecule has 1 atom stereocenters. The predicted octanol–water partition coefficient (Wildman–Crippen LogP) is 2.92. The Balaban J connectivity index is 2.24. The Morgan fingerprint density at radius 3 is 2.47 bits per heavy atom. The topological polar surface area (TPSA) is 43.8 Å². The highest BCUT2D eigenvalue weighted by Crippen LogP contribution is 2.21. The monoisotopic (exact) mass is 251 g/mol. The Labute approximate surface area is 112 Å². The van der Waals surface area contributed by atoms with E-state index in [1.165, 1.54) is 0 Å². The van der Waals surface area contributed by atoms with Gasteiger partial charge in [-0.25, -0.2) is 4.98 Å². The van der Waals surface area contributed by atoms with Crippen LogP contribution in [0.25, 0.3) is 16.7 Å². The fourth-order valence-corrected chi connectivity index (χ4v) is 2.37. The van der Waals surface area contributed by atoms with Crippen LogP contribution < -0.4 is 5.73 Å². The van der Waals surface area contributed by atoms with Gasteiger partial charge in [-0.15, -0.1) is 0 Å². The SMILES string of the molecule is CC(N)Cc1nc2ccccc2n1-c1ccccc1. The van der Waals surface area contributed by atoms with Crippen LogP contribution in [0.1, 0.15) is 12.7 Å². The summed E-state index contributed by atoms with van der Waals surface area (Å²) in [5, 5.41) is 0. The summed E-state index contributed by atoms with van der Waals surface area (Å²) in [5.74, 6) is 1.02. The van der Waals surface area contributed by atoms with Crippen LogP contribution in [-0.4, -0.2) is 15.6 Å². The van der Waals surface area contributed by atoms with Gasteiger partial charge in [0, 0.05) is 18.2 Å². The zero-order valence-electron chi connectivity index (χ0n) is 11.0. The number of hydrogen-bond donors (Lipinski definition) is 1. The van der Waals surface area contributed by atoms with Gasteiger partial charge in [-0.2, -0.15) is 0 Å². The van der Waals surface area contributed by atoms with Crippen molar-refractivity contribution in [1.82, 2.24) is 9.55 Å². The zero-order valence-corrected chi connectivity index (χ0v) is 11.0. The van der Waals surface area contributed by atoms with Crippen molar-refractivity contribution in [1.29, 1.82) is 0 Å². The van der Waals surface area contributed by atoms with E-state index in [-0.39, 0.29) is 6.04 Å². The van der Waals surface area contributed by atoms with Crippen LogP contribution in [-0.2, 0) is 6.42 Å². The van der Waals surface area contributed by atoms with Crippen molar-refractivity contribution in [2.24, 2.45) is 5.73 Å². The average Bonchev–Trinajstić information content (AvgIpc) is 2.76. The molecule has 1 heterocycles. The average molecular weight is 251 g/mol. The Kier molecular flexibility index (Phi) is 3.05. The fourth-order valence-electron chi connectivity index (χ4n) is 2.37. The maximum Gasteiger partial charge on any atom is 0.116 e. The van der Waals surface area contributed by atoms with E-state index in [1.54, 1.807) is 0 Å². The van der Waals surface area contributed by atoms with Gasteiger partial charge < -0.3 is 5.73 Å². The second-order valence-electron chi connectivity index (χ2n) is 4.87. The minimum absolute atomic E-state index is 0.0966. The summed E-state index contributed by atoms with van der Waals surface area (Å²) < 4.78 is 2.19. The summed E-state index contributed by atoms with van der Waals surface area (Å²) in [5.41, 5.74) is 9.22. The van der Waals surface area contributed by atoms with E-state index in [2.05, 4.69) is 22.8 Å². The van der Waals surface area contributed by atoms with Gasteiger partial charge in [-0.1, -0.05) is 30.3 Å². The molecule has 19 heavy (non-hydrogen) atoms. The van der Waals surface area contributed by atoms with Gasteiger partial charge in [-0.3, -0.25) is 4.57 Å². The first-order chi connectivity index (χ1) is 9.25. The van der Waals surface area contributed by atoms with E-state index in [9.17, 15) is 0 Å². The highest BCUT2D eigenvalue weighted by Gasteiger charge is 2.12. The van der Waals surface area contributed by atoms with Crippen molar-refractivity contribution >= 4 is 11.0 Å². The molecule has 3 rings (SSSR count). The van der Waals surface area contributed by atoms with E-state index in [0.717, 1.165) is 29.0 Å². The molecule has 0 saturated heterocycles. The highest BCUT2D eigenvalue weighted by atomic mass is 15.1. The zero-order chi connectivity index (χ0) is 13.2. The van der Waals surface area contributed by atoms with Gasteiger partial charge in [0.05, 0.1) is 11.0 Å². The molecule has 3 heteroatoms. The Morgan fingerprint density at radius 1 is 1.05 bits per heavy atom. The lowest BCUT2D eigenvalue weighted by Crippen LogP contribution is -2.20. The number of rotatable bonds is 3. The van der Waals surface area contributed by atoms with Crippen molar-refractivity contribution in [2.45, 2.75) is 19.4 Å². The number of para-hydroxylation sites is 3. The smallest absolute Gasteiger partial charge is 0.116 e. The molecule has 0 saturated carbocycles. The first-order valence-electron chi connectivity index (χ1n) is 6.53. The lowest BCUT2D eigenvalue weighted by atomic mass is 10.2. The molecule has 0 amide bonds. The minimum atomic E-state index is 0.0966. The molecule has 0 aliphatic carbocycles. The molecule has 0 bridgehead atoms. The fraction of sp³-hybridized carbons (Fsp3) is 0.188. The van der Waals surface area contributed by atoms with Crippen LogP contribution in [0.3, 0.4) is 0 Å². The minimum Gasteiger partial charge on any atom is -0.328 e. The number of nitrogens with zero attached hydrogens (tertiary/aromatic N) is 2. The molecular weight excluding hydrogens is 234 g/mol. The van der Waals surface area contributed by atoms with Crippen LogP contribution in [0.15, 0.2) is 54.6 Å². The molecule has 1 aromatic heterocycles. The molecule has 3 aromatic rings. The number of benzene rings is 2. The van der Waals surface area contributed by atoms with Crippen molar-refractivity contribution in [3.05, 3.63) is 60.4 Å². The number of hydrogen-bond acceptors (Lipinski definition) is 2. The van der Waals surface area contributed by atoms with Crippen LogP contribution in [0.2, 0.25) is 0 Å². The number of imidazole rings is 1. The third-order valence-electron chi connectivity index (χ3n) is 3.15. The van der Waals surface area contributed by atoms with Crippen LogP contribution in [0.4, 0.5) is 0 Å². The molecule has 2 aromatic carbocycles. The number of nitrogens with two attached hydrogens (primary N) is 1. The number of aromatic nitrogens is 2.